The van der Waals surface area contributed by atoms with Crippen molar-refractivity contribution in [1.82, 2.24) is 14.9 Å². The molecule has 0 fully saturated rings. The number of esters is 1. The number of carbonyl (C=O) groups is 3. The van der Waals surface area contributed by atoms with Crippen molar-refractivity contribution in [1.29, 1.82) is 0 Å². The highest BCUT2D eigenvalue weighted by atomic mass is 16.5. The molecule has 1 aromatic carbocycles. The number of rotatable bonds is 16. The summed E-state index contributed by atoms with van der Waals surface area (Å²) in [5, 5.41) is 12.4. The maximum Gasteiger partial charge on any atom is 0.309 e. The lowest BCUT2D eigenvalue weighted by Crippen LogP contribution is -2.32. The van der Waals surface area contributed by atoms with Crippen molar-refractivity contribution in [3.05, 3.63) is 46.6 Å². The number of aromatic nitrogens is 2. The number of amides is 1. The summed E-state index contributed by atoms with van der Waals surface area (Å²) < 4.78 is 4.74. The number of hydrogen-bond acceptors (Lipinski definition) is 8. The number of aliphatic carboxylic acids is 1. The first-order valence-corrected chi connectivity index (χ1v) is 12.7. The molecule has 0 unspecified atom stereocenters. The number of anilines is 2. The quantitative estimate of drug-likeness (QED) is 0.226. The number of nitrogens with two attached hydrogens (primary N) is 1. The van der Waals surface area contributed by atoms with Crippen LogP contribution in [0.25, 0.3) is 0 Å². The summed E-state index contributed by atoms with van der Waals surface area (Å²) in [6, 6.07) is 7.41. The number of nitrogens with one attached hydrogen (secondary N) is 1. The van der Waals surface area contributed by atoms with E-state index in [-0.39, 0.29) is 37.1 Å². The van der Waals surface area contributed by atoms with E-state index in [0.29, 0.717) is 25.9 Å². The van der Waals surface area contributed by atoms with E-state index in [1.807, 2.05) is 31.2 Å². The first-order chi connectivity index (χ1) is 17.7. The third kappa shape index (κ3) is 10.4. The number of unbranched alkanes of at least 4 members (excludes halogenated alkanes) is 2. The number of carbonyl (C=O) groups excluding carboxylic acids is 2. The Morgan fingerprint density at radius 3 is 2.57 bits per heavy atom. The Labute approximate surface area is 218 Å². The van der Waals surface area contributed by atoms with Gasteiger partial charge in [0.1, 0.15) is 5.82 Å². The van der Waals surface area contributed by atoms with E-state index in [4.69, 9.17) is 15.6 Å². The van der Waals surface area contributed by atoms with Crippen LogP contribution in [0, 0.1) is 6.92 Å². The van der Waals surface area contributed by atoms with Crippen molar-refractivity contribution in [2.24, 2.45) is 0 Å². The van der Waals surface area contributed by atoms with Gasteiger partial charge in [-0.3, -0.25) is 14.4 Å². The van der Waals surface area contributed by atoms with Crippen LogP contribution in [-0.4, -0.2) is 58.0 Å². The third-order valence-electron chi connectivity index (χ3n) is 6.01. The molecule has 37 heavy (non-hydrogen) atoms. The molecule has 0 aliphatic heterocycles. The fraction of sp³-hybridized carbons (Fsp3) is 0.519. The van der Waals surface area contributed by atoms with Crippen LogP contribution in [0.5, 0.6) is 0 Å². The van der Waals surface area contributed by atoms with Crippen molar-refractivity contribution in [3.63, 3.8) is 0 Å². The summed E-state index contributed by atoms with van der Waals surface area (Å²) in [4.78, 5) is 46.0. The molecule has 1 amide bonds. The molecule has 0 radical (unpaired) electrons. The molecule has 10 nitrogen and oxygen atoms in total. The van der Waals surface area contributed by atoms with Gasteiger partial charge in [0, 0.05) is 37.3 Å². The Balaban J connectivity index is 2.13. The van der Waals surface area contributed by atoms with Gasteiger partial charge in [-0.1, -0.05) is 44.0 Å². The third-order valence-corrected chi connectivity index (χ3v) is 6.01. The Kier molecular flexibility index (Phi) is 12.3. The monoisotopic (exact) mass is 513 g/mol. The molecule has 0 atom stereocenters. The van der Waals surface area contributed by atoms with Crippen LogP contribution in [0.1, 0.15) is 67.8 Å². The molecule has 0 spiro atoms. The van der Waals surface area contributed by atoms with Gasteiger partial charge < -0.3 is 25.8 Å². The highest BCUT2D eigenvalue weighted by Crippen LogP contribution is 2.20. The Bertz CT molecular complexity index is 1060. The summed E-state index contributed by atoms with van der Waals surface area (Å²) in [5.74, 6) is -0.644. The molecule has 2 rings (SSSR count). The molecule has 1 heterocycles. The normalized spacial score (nSPS) is 10.7. The largest absolute Gasteiger partial charge is 0.481 e. The van der Waals surface area contributed by atoms with Gasteiger partial charge in [0.2, 0.25) is 11.9 Å². The maximum absolute atomic E-state index is 12.9. The van der Waals surface area contributed by atoms with Crippen molar-refractivity contribution < 1.29 is 24.2 Å². The van der Waals surface area contributed by atoms with E-state index in [9.17, 15) is 14.4 Å². The number of methoxy groups -OCH3 is 1. The van der Waals surface area contributed by atoms with Crippen LogP contribution in [0.4, 0.5) is 11.8 Å². The summed E-state index contributed by atoms with van der Waals surface area (Å²) >= 11 is 0. The van der Waals surface area contributed by atoms with E-state index in [0.717, 1.165) is 54.0 Å². The number of nitrogen functional groups attached to an aromatic ring is 1. The molecule has 0 saturated carbocycles. The fourth-order valence-electron chi connectivity index (χ4n) is 4.05. The molecule has 0 saturated heterocycles. The zero-order valence-electron chi connectivity index (χ0n) is 22.1. The topological polar surface area (TPSA) is 148 Å². The molecule has 0 aliphatic rings. The molecular weight excluding hydrogens is 474 g/mol. The molecule has 202 valence electrons. The average Bonchev–Trinajstić information content (AvgIpc) is 2.85. The second kappa shape index (κ2) is 15.4. The van der Waals surface area contributed by atoms with Gasteiger partial charge in [-0.2, -0.15) is 4.98 Å². The van der Waals surface area contributed by atoms with Gasteiger partial charge in [0.15, 0.2) is 0 Å². The minimum atomic E-state index is -1.01. The van der Waals surface area contributed by atoms with Crippen molar-refractivity contribution >= 4 is 29.6 Å². The van der Waals surface area contributed by atoms with Crippen LogP contribution < -0.4 is 11.1 Å². The number of nitrogens with zero attached hydrogens (tertiary/aromatic N) is 3. The van der Waals surface area contributed by atoms with E-state index < -0.39 is 5.97 Å². The van der Waals surface area contributed by atoms with Crippen LogP contribution in [-0.2, 0) is 38.5 Å². The van der Waals surface area contributed by atoms with E-state index in [1.165, 1.54) is 7.11 Å². The summed E-state index contributed by atoms with van der Waals surface area (Å²) in [6.45, 7) is 5.58. The van der Waals surface area contributed by atoms with Crippen molar-refractivity contribution in [2.45, 2.75) is 71.8 Å². The van der Waals surface area contributed by atoms with Gasteiger partial charge in [-0.25, -0.2) is 4.98 Å². The highest BCUT2D eigenvalue weighted by Gasteiger charge is 2.17. The summed E-state index contributed by atoms with van der Waals surface area (Å²) in [7, 11) is 1.34. The number of benzene rings is 1. The molecule has 0 bridgehead atoms. The maximum atomic E-state index is 12.9. The van der Waals surface area contributed by atoms with Gasteiger partial charge >= 0.3 is 11.9 Å². The van der Waals surface area contributed by atoms with Gasteiger partial charge in [0.05, 0.1) is 20.0 Å². The number of ether oxygens (including phenoxy) is 1. The Hall–Kier alpha value is -3.69. The fourth-order valence-corrected chi connectivity index (χ4v) is 4.05. The molecule has 10 heteroatoms. The number of carboxylic acids is 1. The SMILES string of the molecule is CCCCCNc1nc(N)nc(C)c1CCCN(Cc1cccc(CC(=O)OC)c1)C(=O)CCC(=O)O. The lowest BCUT2D eigenvalue weighted by Gasteiger charge is -2.23. The zero-order chi connectivity index (χ0) is 27.2. The minimum absolute atomic E-state index is 0.0779. The van der Waals surface area contributed by atoms with Crippen LogP contribution >= 0.6 is 0 Å². The second-order valence-corrected chi connectivity index (χ2v) is 9.01. The predicted molar refractivity (Wildman–Crippen MR) is 142 cm³/mol. The number of carboxylic acid groups (broad SMARTS) is 1. The zero-order valence-corrected chi connectivity index (χ0v) is 22.1. The molecule has 1 aromatic heterocycles. The second-order valence-electron chi connectivity index (χ2n) is 9.01. The van der Waals surface area contributed by atoms with Crippen LogP contribution in [0.2, 0.25) is 0 Å². The van der Waals surface area contributed by atoms with Crippen molar-refractivity contribution in [3.8, 4) is 0 Å². The van der Waals surface area contributed by atoms with E-state index in [2.05, 4.69) is 22.2 Å². The predicted octanol–water partition coefficient (Wildman–Crippen LogP) is 3.51. The van der Waals surface area contributed by atoms with Crippen LogP contribution in [0.3, 0.4) is 0 Å². The molecule has 4 N–H and O–H groups in total. The van der Waals surface area contributed by atoms with Crippen molar-refractivity contribution in [2.75, 3.05) is 31.2 Å². The van der Waals surface area contributed by atoms with Gasteiger partial charge in [-0.05, 0) is 37.3 Å². The average molecular weight is 514 g/mol. The first kappa shape index (κ1) is 29.5. The first-order valence-electron chi connectivity index (χ1n) is 12.7. The number of hydrogen-bond donors (Lipinski definition) is 3. The highest BCUT2D eigenvalue weighted by molar-refractivity contribution is 5.80. The summed E-state index contributed by atoms with van der Waals surface area (Å²) in [5.41, 5.74) is 9.28. The van der Waals surface area contributed by atoms with Crippen LogP contribution in [0.15, 0.2) is 24.3 Å². The smallest absolute Gasteiger partial charge is 0.309 e. The van der Waals surface area contributed by atoms with Gasteiger partial charge in [0.25, 0.3) is 0 Å². The summed E-state index contributed by atoms with van der Waals surface area (Å²) in [6.07, 6.45) is 4.38. The number of aryl methyl sites for hydroxylation is 1. The Morgan fingerprint density at radius 2 is 1.86 bits per heavy atom. The molecule has 0 aliphatic carbocycles. The lowest BCUT2D eigenvalue weighted by molar-refractivity contribution is -0.141. The lowest BCUT2D eigenvalue weighted by atomic mass is 10.1. The van der Waals surface area contributed by atoms with Gasteiger partial charge in [-0.15, -0.1) is 0 Å². The molecular formula is C27H39N5O5. The minimum Gasteiger partial charge on any atom is -0.481 e. The van der Waals surface area contributed by atoms with E-state index >= 15 is 0 Å². The van der Waals surface area contributed by atoms with E-state index in [1.54, 1.807) is 4.90 Å². The standard InChI is InChI=1S/C27H39N5O5/c1-4-5-6-14-29-26-22(19(2)30-27(28)31-26)11-8-15-32(23(33)12-13-24(34)35)18-21-10-7-9-20(16-21)17-25(36)37-3/h7,9-10,16H,4-6,8,11-15,17-18H2,1-3H3,(H,34,35)(H3,28,29,30,31). The Morgan fingerprint density at radius 1 is 1.11 bits per heavy atom. The molecule has 2 aromatic rings.